The summed E-state index contributed by atoms with van der Waals surface area (Å²) in [6, 6.07) is 10.4. The third-order valence-corrected chi connectivity index (χ3v) is 7.57. The highest BCUT2D eigenvalue weighted by atomic mass is 31.1. The van der Waals surface area contributed by atoms with Crippen molar-refractivity contribution in [2.75, 3.05) is 40.8 Å². The molecule has 0 radical (unpaired) electrons. The minimum Gasteiger partial charge on any atom is -0.496 e. The van der Waals surface area contributed by atoms with E-state index in [9.17, 15) is 14.2 Å². The lowest BCUT2D eigenvalue weighted by Crippen LogP contribution is -2.13. The summed E-state index contributed by atoms with van der Waals surface area (Å²) in [5.74, 6) is 1.42. The van der Waals surface area contributed by atoms with Crippen molar-refractivity contribution < 1.29 is 33.1 Å². The third-order valence-electron chi connectivity index (χ3n) is 5.51. The van der Waals surface area contributed by atoms with E-state index in [1.807, 2.05) is 13.8 Å². The SMILES string of the molecule is COc1cccc(OC)c1C(=O)CC(C)C[P+](=O)CC(C)CC(=O)c1c(OC)cccc1OC. The maximum absolute atomic E-state index is 12.9. The highest BCUT2D eigenvalue weighted by Gasteiger charge is 2.29. The fourth-order valence-electron chi connectivity index (χ4n) is 3.99. The first-order valence-corrected chi connectivity index (χ1v) is 12.8. The number of carbonyl (C=O) groups is 2. The van der Waals surface area contributed by atoms with Crippen LogP contribution in [0.3, 0.4) is 0 Å². The molecule has 184 valence electrons. The van der Waals surface area contributed by atoms with Crippen LogP contribution < -0.4 is 18.9 Å². The molecule has 2 aromatic carbocycles. The zero-order chi connectivity index (χ0) is 25.3. The molecule has 0 amide bonds. The van der Waals surface area contributed by atoms with E-state index in [1.165, 1.54) is 28.4 Å². The molecule has 0 N–H and O–H groups in total. The predicted molar refractivity (Wildman–Crippen MR) is 133 cm³/mol. The van der Waals surface area contributed by atoms with Crippen LogP contribution in [0.4, 0.5) is 0 Å². The van der Waals surface area contributed by atoms with Gasteiger partial charge in [0.15, 0.2) is 11.6 Å². The minimum absolute atomic E-state index is 0.0945. The molecule has 7 nitrogen and oxygen atoms in total. The van der Waals surface area contributed by atoms with Crippen LogP contribution in [0.5, 0.6) is 23.0 Å². The first-order valence-electron chi connectivity index (χ1n) is 11.2. The summed E-state index contributed by atoms with van der Waals surface area (Å²) in [6.07, 6.45) is 1.25. The summed E-state index contributed by atoms with van der Waals surface area (Å²) in [4.78, 5) is 25.8. The Hall–Kier alpha value is -2.92. The van der Waals surface area contributed by atoms with Crippen molar-refractivity contribution in [3.05, 3.63) is 47.5 Å². The minimum atomic E-state index is -1.58. The second-order valence-corrected chi connectivity index (χ2v) is 10.1. The number of methoxy groups -OCH3 is 4. The number of ketones is 2. The fourth-order valence-corrected chi connectivity index (χ4v) is 5.79. The average molecular weight is 490 g/mol. The topological polar surface area (TPSA) is 88.1 Å². The molecule has 0 aliphatic carbocycles. The first-order chi connectivity index (χ1) is 16.2. The number of benzene rings is 2. The van der Waals surface area contributed by atoms with Crippen LogP contribution in [0.25, 0.3) is 0 Å². The molecule has 0 fully saturated rings. The summed E-state index contributed by atoms with van der Waals surface area (Å²) < 4.78 is 34.1. The standard InChI is InChI=1S/C26H34O7P/c1-17(13-19(27)25-21(30-3)9-7-10-22(25)31-4)15-34(29)16-18(2)14-20(28)26-23(32-5)11-8-12-24(26)33-6/h7-12,17-18H,13-16H2,1-6H3/q+1. The van der Waals surface area contributed by atoms with Crippen LogP contribution >= 0.6 is 7.80 Å². The largest absolute Gasteiger partial charge is 0.496 e. The third kappa shape index (κ3) is 7.04. The molecule has 0 bridgehead atoms. The van der Waals surface area contributed by atoms with Gasteiger partial charge in [0, 0.05) is 24.7 Å². The Morgan fingerprint density at radius 2 is 0.971 bits per heavy atom. The van der Waals surface area contributed by atoms with Gasteiger partial charge in [-0.2, -0.15) is 0 Å². The average Bonchev–Trinajstić information content (AvgIpc) is 2.81. The van der Waals surface area contributed by atoms with Gasteiger partial charge in [0.2, 0.25) is 0 Å². The molecule has 0 aromatic heterocycles. The smallest absolute Gasteiger partial charge is 0.339 e. The quantitative estimate of drug-likeness (QED) is 0.250. The van der Waals surface area contributed by atoms with Gasteiger partial charge in [0.05, 0.1) is 28.4 Å². The molecule has 0 spiro atoms. The maximum Gasteiger partial charge on any atom is 0.339 e. The molecule has 0 heterocycles. The summed E-state index contributed by atoms with van der Waals surface area (Å²) in [5.41, 5.74) is 0.804. The molecule has 0 saturated heterocycles. The van der Waals surface area contributed by atoms with Gasteiger partial charge in [-0.25, -0.2) is 0 Å². The van der Waals surface area contributed by atoms with Crippen LogP contribution in [0.15, 0.2) is 36.4 Å². The Morgan fingerprint density at radius 3 is 1.24 bits per heavy atom. The van der Waals surface area contributed by atoms with Gasteiger partial charge in [-0.15, -0.1) is 0 Å². The molecule has 8 heteroatoms. The highest BCUT2D eigenvalue weighted by molar-refractivity contribution is 7.44. The van der Waals surface area contributed by atoms with E-state index < -0.39 is 7.80 Å². The second-order valence-electron chi connectivity index (χ2n) is 8.39. The molecular formula is C26H34O7P+. The lowest BCUT2D eigenvalue weighted by molar-refractivity contribution is 0.0954. The lowest BCUT2D eigenvalue weighted by Gasteiger charge is -2.14. The van der Waals surface area contributed by atoms with Gasteiger partial charge in [0.1, 0.15) is 46.4 Å². The molecule has 0 aliphatic heterocycles. The normalized spacial score (nSPS) is 12.9. The lowest BCUT2D eigenvalue weighted by atomic mass is 9.99. The summed E-state index contributed by atoms with van der Waals surface area (Å²) in [6.45, 7) is 3.81. The monoisotopic (exact) mass is 489 g/mol. The molecule has 2 aromatic rings. The molecule has 0 saturated carbocycles. The zero-order valence-corrected chi connectivity index (χ0v) is 21.6. The molecular weight excluding hydrogens is 455 g/mol. The highest BCUT2D eigenvalue weighted by Crippen LogP contribution is 2.35. The Bertz CT molecular complexity index is 894. The van der Waals surface area contributed by atoms with Crippen LogP contribution in [-0.4, -0.2) is 52.3 Å². The van der Waals surface area contributed by atoms with E-state index in [2.05, 4.69) is 0 Å². The predicted octanol–water partition coefficient (Wildman–Crippen LogP) is 5.67. The summed E-state index contributed by atoms with van der Waals surface area (Å²) in [7, 11) is 4.45. The second kappa shape index (κ2) is 13.1. The van der Waals surface area contributed by atoms with Crippen LogP contribution in [0.2, 0.25) is 0 Å². The van der Waals surface area contributed by atoms with Gasteiger partial charge in [-0.1, -0.05) is 30.5 Å². The summed E-state index contributed by atoms with van der Waals surface area (Å²) in [5, 5.41) is 0. The van der Waals surface area contributed by atoms with Crippen molar-refractivity contribution in [2.45, 2.75) is 26.7 Å². The molecule has 2 rings (SSSR count). The Labute approximate surface area is 202 Å². The van der Waals surface area contributed by atoms with E-state index in [4.69, 9.17) is 18.9 Å². The molecule has 0 aliphatic rings. The Morgan fingerprint density at radius 1 is 0.676 bits per heavy atom. The van der Waals surface area contributed by atoms with E-state index in [1.54, 1.807) is 36.4 Å². The van der Waals surface area contributed by atoms with Crippen molar-refractivity contribution in [1.82, 2.24) is 0 Å². The Balaban J connectivity index is 1.96. The van der Waals surface area contributed by atoms with Crippen molar-refractivity contribution in [3.63, 3.8) is 0 Å². The molecule has 2 unspecified atom stereocenters. The number of Topliss-reactive ketones (excluding diaryl/α,β-unsaturated/α-hetero) is 2. The van der Waals surface area contributed by atoms with Crippen molar-refractivity contribution in [2.24, 2.45) is 11.8 Å². The van der Waals surface area contributed by atoms with E-state index in [-0.39, 0.29) is 36.2 Å². The molecule has 34 heavy (non-hydrogen) atoms. The van der Waals surface area contributed by atoms with Crippen LogP contribution in [-0.2, 0) is 4.57 Å². The van der Waals surface area contributed by atoms with Gasteiger partial charge in [-0.05, 0) is 24.3 Å². The number of ether oxygens (including phenoxy) is 4. The van der Waals surface area contributed by atoms with Gasteiger partial charge < -0.3 is 18.9 Å². The molecule has 2 atom stereocenters. The van der Waals surface area contributed by atoms with Crippen molar-refractivity contribution >= 4 is 19.4 Å². The fraction of sp³-hybridized carbons (Fsp3) is 0.462. The van der Waals surface area contributed by atoms with Gasteiger partial charge in [0.25, 0.3) is 0 Å². The van der Waals surface area contributed by atoms with Crippen molar-refractivity contribution in [1.29, 1.82) is 0 Å². The number of hydrogen-bond acceptors (Lipinski definition) is 7. The van der Waals surface area contributed by atoms with Crippen LogP contribution in [0, 0.1) is 11.8 Å². The number of rotatable bonds is 14. The number of carbonyl (C=O) groups excluding carboxylic acids is 2. The first kappa shape index (κ1) is 27.3. The van der Waals surface area contributed by atoms with E-state index >= 15 is 0 Å². The zero-order valence-electron chi connectivity index (χ0n) is 20.8. The van der Waals surface area contributed by atoms with Gasteiger partial charge >= 0.3 is 7.80 Å². The van der Waals surface area contributed by atoms with Crippen molar-refractivity contribution in [3.8, 4) is 23.0 Å². The Kier molecular flexibility index (Phi) is 10.5. The van der Waals surface area contributed by atoms with Gasteiger partial charge in [-0.3, -0.25) is 9.59 Å². The van der Waals surface area contributed by atoms with E-state index in [0.29, 0.717) is 46.4 Å². The summed E-state index contributed by atoms with van der Waals surface area (Å²) >= 11 is 0. The van der Waals surface area contributed by atoms with E-state index in [0.717, 1.165) is 0 Å². The van der Waals surface area contributed by atoms with Crippen LogP contribution in [0.1, 0.15) is 47.4 Å². The number of hydrogen-bond donors (Lipinski definition) is 0. The maximum atomic E-state index is 12.9.